The Hall–Kier alpha value is -0.530. The van der Waals surface area contributed by atoms with Crippen molar-refractivity contribution in [1.82, 2.24) is 0 Å². The molecule has 0 bridgehead atoms. The van der Waals surface area contributed by atoms with Gasteiger partial charge in [0, 0.05) is 0 Å². The van der Waals surface area contributed by atoms with Gasteiger partial charge in [-0.15, -0.1) is 0 Å². The van der Waals surface area contributed by atoms with Gasteiger partial charge < -0.3 is 4.74 Å². The monoisotopic (exact) mass is 537 g/mol. The van der Waals surface area contributed by atoms with Crippen molar-refractivity contribution < 1.29 is 9.53 Å². The molecular weight excluding hydrogens is 464 g/mol. The minimum Gasteiger partial charge on any atom is -0.465 e. The molecule has 0 saturated heterocycles. The van der Waals surface area contributed by atoms with E-state index in [1.54, 1.807) is 0 Å². The van der Waals surface area contributed by atoms with Crippen LogP contribution in [0.2, 0.25) is 0 Å². The van der Waals surface area contributed by atoms with Crippen molar-refractivity contribution in [1.29, 1.82) is 0 Å². The van der Waals surface area contributed by atoms with Crippen LogP contribution in [0.4, 0.5) is 0 Å². The molecule has 38 heavy (non-hydrogen) atoms. The first kappa shape index (κ1) is 37.5. The van der Waals surface area contributed by atoms with Crippen LogP contribution >= 0.6 is 0 Å². The Labute approximate surface area is 241 Å². The van der Waals surface area contributed by atoms with Crippen molar-refractivity contribution in [2.75, 3.05) is 6.61 Å². The van der Waals surface area contributed by atoms with Crippen molar-refractivity contribution in [3.05, 3.63) is 0 Å². The second-order valence-electron chi connectivity index (χ2n) is 12.3. The molecular formula is C36H72O2. The smallest absolute Gasteiger partial charge is 0.308 e. The standard InChI is InChI=1S/C36H72O2/c1-4-7-10-13-15-16-17-18-19-20-21-22-23-25-28-31-34-38-36(37)35(32-29-26-12-9-6-3)33-30-27-24-14-11-8-5-2/h35H,4-34H2,1-3H3. The van der Waals surface area contributed by atoms with Gasteiger partial charge in [-0.3, -0.25) is 4.79 Å². The van der Waals surface area contributed by atoms with Crippen LogP contribution in [0.1, 0.15) is 213 Å². The van der Waals surface area contributed by atoms with Gasteiger partial charge in [-0.1, -0.05) is 194 Å². The average Bonchev–Trinajstić information content (AvgIpc) is 2.92. The number of ether oxygens (including phenoxy) is 1. The molecule has 0 aromatic carbocycles. The molecule has 0 aromatic heterocycles. The molecule has 228 valence electrons. The largest absolute Gasteiger partial charge is 0.465 e. The van der Waals surface area contributed by atoms with E-state index < -0.39 is 0 Å². The first-order valence-corrected chi connectivity index (χ1v) is 17.9. The molecule has 0 aliphatic rings. The van der Waals surface area contributed by atoms with Crippen molar-refractivity contribution in [2.45, 2.75) is 213 Å². The summed E-state index contributed by atoms with van der Waals surface area (Å²) in [7, 11) is 0. The number of carbonyl (C=O) groups excluding carboxylic acids is 1. The topological polar surface area (TPSA) is 26.3 Å². The quantitative estimate of drug-likeness (QED) is 0.0631. The summed E-state index contributed by atoms with van der Waals surface area (Å²) < 4.78 is 5.77. The molecule has 0 aromatic rings. The number of hydrogen-bond acceptors (Lipinski definition) is 2. The van der Waals surface area contributed by atoms with Crippen LogP contribution in [0, 0.1) is 5.92 Å². The molecule has 0 aliphatic heterocycles. The molecule has 0 rings (SSSR count). The van der Waals surface area contributed by atoms with E-state index in [4.69, 9.17) is 4.74 Å². The third kappa shape index (κ3) is 28.5. The zero-order valence-corrected chi connectivity index (χ0v) is 26.8. The first-order valence-electron chi connectivity index (χ1n) is 17.9. The van der Waals surface area contributed by atoms with Gasteiger partial charge in [0.15, 0.2) is 0 Å². The zero-order valence-electron chi connectivity index (χ0n) is 26.8. The van der Waals surface area contributed by atoms with Gasteiger partial charge in [0.2, 0.25) is 0 Å². The fourth-order valence-corrected chi connectivity index (χ4v) is 5.66. The van der Waals surface area contributed by atoms with Gasteiger partial charge in [0.25, 0.3) is 0 Å². The third-order valence-electron chi connectivity index (χ3n) is 8.39. The minimum atomic E-state index is 0.104. The second kappa shape index (κ2) is 32.7. The predicted octanol–water partition coefficient (Wildman–Crippen LogP) is 12.9. The summed E-state index contributed by atoms with van der Waals surface area (Å²) in [6.07, 6.45) is 39.7. The number of esters is 1. The summed E-state index contributed by atoms with van der Waals surface area (Å²) in [4.78, 5) is 12.8. The number of unbranched alkanes of at least 4 members (excludes halogenated alkanes) is 25. The normalized spacial score (nSPS) is 12.2. The van der Waals surface area contributed by atoms with Crippen molar-refractivity contribution >= 4 is 5.97 Å². The Kier molecular flexibility index (Phi) is 32.2. The second-order valence-corrected chi connectivity index (χ2v) is 12.3. The lowest BCUT2D eigenvalue weighted by atomic mass is 9.94. The lowest BCUT2D eigenvalue weighted by Gasteiger charge is -2.16. The van der Waals surface area contributed by atoms with Crippen LogP contribution in [0.3, 0.4) is 0 Å². The van der Waals surface area contributed by atoms with E-state index in [0.717, 1.165) is 19.3 Å². The van der Waals surface area contributed by atoms with Gasteiger partial charge in [0.1, 0.15) is 0 Å². The van der Waals surface area contributed by atoms with Crippen LogP contribution in [0.15, 0.2) is 0 Å². The maximum absolute atomic E-state index is 12.8. The molecule has 0 fully saturated rings. The van der Waals surface area contributed by atoms with Crippen LogP contribution < -0.4 is 0 Å². The Morgan fingerprint density at radius 1 is 0.395 bits per heavy atom. The van der Waals surface area contributed by atoms with Crippen molar-refractivity contribution in [3.8, 4) is 0 Å². The van der Waals surface area contributed by atoms with Crippen LogP contribution in [0.5, 0.6) is 0 Å². The van der Waals surface area contributed by atoms with Gasteiger partial charge in [-0.2, -0.15) is 0 Å². The molecule has 0 amide bonds. The van der Waals surface area contributed by atoms with E-state index in [9.17, 15) is 4.79 Å². The average molecular weight is 537 g/mol. The van der Waals surface area contributed by atoms with Crippen LogP contribution in [0.25, 0.3) is 0 Å². The summed E-state index contributed by atoms with van der Waals surface area (Å²) in [6.45, 7) is 7.47. The Bertz CT molecular complexity index is 447. The highest BCUT2D eigenvalue weighted by atomic mass is 16.5. The van der Waals surface area contributed by atoms with Gasteiger partial charge in [0.05, 0.1) is 12.5 Å². The fraction of sp³-hybridized carbons (Fsp3) is 0.972. The Morgan fingerprint density at radius 3 is 0.974 bits per heavy atom. The minimum absolute atomic E-state index is 0.104. The summed E-state index contributed by atoms with van der Waals surface area (Å²) in [5, 5.41) is 0. The highest BCUT2D eigenvalue weighted by Crippen LogP contribution is 2.21. The molecule has 2 heteroatoms. The van der Waals surface area contributed by atoms with E-state index in [1.807, 2.05) is 0 Å². The molecule has 0 radical (unpaired) electrons. The SMILES string of the molecule is CCCCCCCCCCCCCCCCCCOC(=O)C(CCCCCCC)CCCCCCCCC. The van der Waals surface area contributed by atoms with Crippen molar-refractivity contribution in [2.24, 2.45) is 5.92 Å². The first-order chi connectivity index (χ1) is 18.8. The fourth-order valence-electron chi connectivity index (χ4n) is 5.66. The molecule has 0 N–H and O–H groups in total. The van der Waals surface area contributed by atoms with Gasteiger partial charge in [-0.25, -0.2) is 0 Å². The molecule has 2 nitrogen and oxygen atoms in total. The lowest BCUT2D eigenvalue weighted by Crippen LogP contribution is -2.18. The van der Waals surface area contributed by atoms with Gasteiger partial charge >= 0.3 is 5.97 Å². The van der Waals surface area contributed by atoms with Gasteiger partial charge in [-0.05, 0) is 19.3 Å². The lowest BCUT2D eigenvalue weighted by molar-refractivity contribution is -0.149. The van der Waals surface area contributed by atoms with E-state index >= 15 is 0 Å². The maximum atomic E-state index is 12.8. The van der Waals surface area contributed by atoms with Crippen LogP contribution in [-0.2, 0) is 9.53 Å². The maximum Gasteiger partial charge on any atom is 0.308 e. The predicted molar refractivity (Wildman–Crippen MR) is 170 cm³/mol. The third-order valence-corrected chi connectivity index (χ3v) is 8.39. The molecule has 0 heterocycles. The molecule has 0 saturated carbocycles. The van der Waals surface area contributed by atoms with E-state index in [0.29, 0.717) is 6.61 Å². The Balaban J connectivity index is 3.73. The van der Waals surface area contributed by atoms with Crippen molar-refractivity contribution in [3.63, 3.8) is 0 Å². The van der Waals surface area contributed by atoms with E-state index in [1.165, 1.54) is 173 Å². The summed E-state index contributed by atoms with van der Waals surface area (Å²) in [6, 6.07) is 0. The number of rotatable bonds is 32. The highest BCUT2D eigenvalue weighted by molar-refractivity contribution is 5.72. The Morgan fingerprint density at radius 2 is 0.658 bits per heavy atom. The summed E-state index contributed by atoms with van der Waals surface area (Å²) >= 11 is 0. The molecule has 0 aliphatic carbocycles. The highest BCUT2D eigenvalue weighted by Gasteiger charge is 2.19. The zero-order chi connectivity index (χ0) is 27.8. The molecule has 1 atom stereocenters. The molecule has 0 spiro atoms. The van der Waals surface area contributed by atoms with Crippen LogP contribution in [-0.4, -0.2) is 12.6 Å². The summed E-state index contributed by atoms with van der Waals surface area (Å²) in [5.41, 5.74) is 0. The van der Waals surface area contributed by atoms with E-state index in [2.05, 4.69) is 20.8 Å². The number of hydrogen-bond donors (Lipinski definition) is 0. The van der Waals surface area contributed by atoms with E-state index in [-0.39, 0.29) is 11.9 Å². The number of carbonyl (C=O) groups is 1. The molecule has 1 unspecified atom stereocenters. The summed E-state index contributed by atoms with van der Waals surface area (Å²) in [5.74, 6) is 0.251.